The Bertz CT molecular complexity index is 1380. The summed E-state index contributed by atoms with van der Waals surface area (Å²) in [6.45, 7) is 7.53. The summed E-state index contributed by atoms with van der Waals surface area (Å²) in [4.78, 5) is 16.7. The fourth-order valence-electron chi connectivity index (χ4n) is 5.09. The van der Waals surface area contributed by atoms with Gasteiger partial charge in [0.05, 0.1) is 29.1 Å². The Morgan fingerprint density at radius 1 is 1.19 bits per heavy atom. The summed E-state index contributed by atoms with van der Waals surface area (Å²) >= 11 is 0. The first-order valence-corrected chi connectivity index (χ1v) is 12.5. The van der Waals surface area contributed by atoms with Gasteiger partial charge in [-0.15, -0.1) is 0 Å². The molecule has 0 aliphatic carbocycles. The van der Waals surface area contributed by atoms with Gasteiger partial charge in [-0.3, -0.25) is 0 Å². The third-order valence-electron chi connectivity index (χ3n) is 6.99. The largest absolute Gasteiger partial charge is 0.393 e. The van der Waals surface area contributed by atoms with Gasteiger partial charge in [0.15, 0.2) is 0 Å². The van der Waals surface area contributed by atoms with Crippen LogP contribution in [0.3, 0.4) is 0 Å². The Hall–Kier alpha value is -3.47. The first-order valence-electron chi connectivity index (χ1n) is 12.5. The molecule has 4 aromatic rings. The molecule has 0 saturated carbocycles. The van der Waals surface area contributed by atoms with Crippen LogP contribution >= 0.6 is 0 Å². The number of aromatic amines is 1. The van der Waals surface area contributed by atoms with Crippen molar-refractivity contribution in [3.8, 4) is 22.5 Å². The van der Waals surface area contributed by atoms with Gasteiger partial charge in [-0.25, -0.2) is 15.0 Å². The molecule has 11 heteroatoms. The third-order valence-corrected chi connectivity index (χ3v) is 6.99. The summed E-state index contributed by atoms with van der Waals surface area (Å²) in [5.74, 6) is 1.54. The Morgan fingerprint density at radius 2 is 2.03 bits per heavy atom. The number of hydrogen-bond donors (Lipinski definition) is 3. The second kappa shape index (κ2) is 10.1. The lowest BCUT2D eigenvalue weighted by molar-refractivity contribution is -0.127. The van der Waals surface area contributed by atoms with Crippen molar-refractivity contribution in [3.05, 3.63) is 41.5 Å². The Kier molecular flexibility index (Phi) is 6.89. The quantitative estimate of drug-likeness (QED) is 0.309. The number of aromatic nitrogens is 5. The highest BCUT2D eigenvalue weighted by atomic mass is 19.4. The normalized spacial score (nSPS) is 18.8. The molecule has 1 fully saturated rings. The van der Waals surface area contributed by atoms with E-state index in [1.165, 1.54) is 6.20 Å². The second-order valence-corrected chi connectivity index (χ2v) is 9.70. The third kappa shape index (κ3) is 5.46. The molecule has 5 heterocycles. The van der Waals surface area contributed by atoms with E-state index in [0.717, 1.165) is 37.9 Å². The molecule has 37 heavy (non-hydrogen) atoms. The molecule has 0 aromatic carbocycles. The minimum atomic E-state index is -4.40. The highest BCUT2D eigenvalue weighted by Crippen LogP contribution is 2.35. The number of alkyl halides is 3. The van der Waals surface area contributed by atoms with E-state index < -0.39 is 12.6 Å². The monoisotopic (exact) mass is 513 g/mol. The number of aryl methyl sites for hydroxylation is 2. The van der Waals surface area contributed by atoms with Gasteiger partial charge in [-0.05, 0) is 51.3 Å². The molecule has 1 saturated heterocycles. The molecule has 8 nitrogen and oxygen atoms in total. The maximum Gasteiger partial charge on any atom is 0.393 e. The van der Waals surface area contributed by atoms with Crippen molar-refractivity contribution < 1.29 is 17.7 Å². The predicted molar refractivity (Wildman–Crippen MR) is 135 cm³/mol. The molecule has 3 N–H and O–H groups in total. The number of rotatable bonds is 6. The maximum absolute atomic E-state index is 13.4. The lowest BCUT2D eigenvalue weighted by Gasteiger charge is -2.20. The van der Waals surface area contributed by atoms with Crippen LogP contribution < -0.4 is 10.6 Å². The zero-order valence-corrected chi connectivity index (χ0v) is 21.0. The number of halogens is 3. The van der Waals surface area contributed by atoms with Gasteiger partial charge in [0, 0.05) is 41.5 Å². The average molecular weight is 514 g/mol. The van der Waals surface area contributed by atoms with Crippen LogP contribution in [0.15, 0.2) is 29.0 Å². The van der Waals surface area contributed by atoms with Crippen LogP contribution in [0.25, 0.3) is 33.5 Å². The average Bonchev–Trinajstić information content (AvgIpc) is 3.33. The lowest BCUT2D eigenvalue weighted by Crippen LogP contribution is -2.32. The van der Waals surface area contributed by atoms with Crippen LogP contribution in [0, 0.1) is 19.8 Å². The molecule has 0 bridgehead atoms. The van der Waals surface area contributed by atoms with E-state index in [1.54, 1.807) is 6.20 Å². The van der Waals surface area contributed by atoms with E-state index in [2.05, 4.69) is 42.6 Å². The highest BCUT2D eigenvalue weighted by Gasteiger charge is 2.31. The van der Waals surface area contributed by atoms with Crippen LogP contribution in [-0.2, 0) is 6.42 Å². The predicted octanol–water partition coefficient (Wildman–Crippen LogP) is 5.59. The number of pyridine rings is 1. The second-order valence-electron chi connectivity index (χ2n) is 9.70. The summed E-state index contributed by atoms with van der Waals surface area (Å²) in [5, 5.41) is 11.4. The van der Waals surface area contributed by atoms with E-state index in [4.69, 9.17) is 4.52 Å². The fourth-order valence-corrected chi connectivity index (χ4v) is 5.09. The van der Waals surface area contributed by atoms with Crippen molar-refractivity contribution in [2.75, 3.05) is 18.4 Å². The van der Waals surface area contributed by atoms with Crippen molar-refractivity contribution in [2.24, 2.45) is 5.92 Å². The van der Waals surface area contributed by atoms with Crippen molar-refractivity contribution in [3.63, 3.8) is 0 Å². The van der Waals surface area contributed by atoms with Crippen LogP contribution in [0.1, 0.15) is 43.2 Å². The van der Waals surface area contributed by atoms with Crippen LogP contribution in [0.4, 0.5) is 19.1 Å². The molecule has 5 rings (SSSR count). The van der Waals surface area contributed by atoms with E-state index in [9.17, 15) is 13.2 Å². The topological polar surface area (TPSA) is 105 Å². The number of H-pyrrole nitrogens is 1. The van der Waals surface area contributed by atoms with Crippen molar-refractivity contribution >= 4 is 17.0 Å². The van der Waals surface area contributed by atoms with E-state index >= 15 is 0 Å². The van der Waals surface area contributed by atoms with Crippen LogP contribution in [0.2, 0.25) is 0 Å². The molecule has 4 aromatic heterocycles. The standard InChI is InChI=1S/C26H30F3N7O/c1-4-16-7-8-30-12-18(9-16)33-25-32-11-17(10-26(27,28)29)23(35-25)20-13-31-24-19(20)5-6-21(34-24)22-14(2)36-37-15(22)3/h5-6,11,13,16,18,30H,4,7-10,12H2,1-3H3,(H,31,34)(H,32,33,35)/t16-,18-/m1/s1. The molecular formula is C26H30F3N7O. The molecule has 1 aliphatic rings. The first-order chi connectivity index (χ1) is 17.7. The number of anilines is 1. The number of fused-ring (bicyclic) bond motifs is 1. The van der Waals surface area contributed by atoms with Gasteiger partial charge in [-0.2, -0.15) is 13.2 Å². The summed E-state index contributed by atoms with van der Waals surface area (Å²) in [5.41, 5.74) is 3.52. The molecule has 2 atom stereocenters. The van der Waals surface area contributed by atoms with E-state index in [0.29, 0.717) is 45.6 Å². The van der Waals surface area contributed by atoms with Gasteiger partial charge >= 0.3 is 6.18 Å². The van der Waals surface area contributed by atoms with Crippen molar-refractivity contribution in [1.82, 2.24) is 30.4 Å². The summed E-state index contributed by atoms with van der Waals surface area (Å²) in [6, 6.07) is 3.75. The summed E-state index contributed by atoms with van der Waals surface area (Å²) < 4.78 is 45.6. The fraction of sp³-hybridized carbons (Fsp3) is 0.462. The molecule has 0 radical (unpaired) electrons. The zero-order chi connectivity index (χ0) is 26.2. The smallest absolute Gasteiger partial charge is 0.361 e. The van der Waals surface area contributed by atoms with Gasteiger partial charge in [0.2, 0.25) is 5.95 Å². The lowest BCUT2D eigenvalue weighted by atomic mass is 9.95. The van der Waals surface area contributed by atoms with Gasteiger partial charge in [0.25, 0.3) is 0 Å². The molecule has 1 aliphatic heterocycles. The summed E-state index contributed by atoms with van der Waals surface area (Å²) in [7, 11) is 0. The Labute approximate surface area is 212 Å². The summed E-state index contributed by atoms with van der Waals surface area (Å²) in [6.07, 6.45) is 0.549. The number of hydrogen-bond acceptors (Lipinski definition) is 7. The molecule has 0 unspecified atom stereocenters. The first kappa shape index (κ1) is 25.2. The number of nitrogens with zero attached hydrogens (tertiary/aromatic N) is 4. The van der Waals surface area contributed by atoms with Crippen LogP contribution in [0.5, 0.6) is 0 Å². The minimum Gasteiger partial charge on any atom is -0.361 e. The van der Waals surface area contributed by atoms with Crippen molar-refractivity contribution in [2.45, 2.75) is 58.7 Å². The molecule has 0 spiro atoms. The van der Waals surface area contributed by atoms with E-state index in [1.807, 2.05) is 26.0 Å². The molecular weight excluding hydrogens is 483 g/mol. The van der Waals surface area contributed by atoms with Crippen LogP contribution in [-0.4, -0.2) is 50.4 Å². The SMILES string of the molecule is CC[C@@H]1CCNC[C@H](Nc2ncc(CC(F)(F)F)c(-c3c[nH]c4nc(-c5c(C)noc5C)ccc34)n2)C1. The van der Waals surface area contributed by atoms with Gasteiger partial charge in [-0.1, -0.05) is 18.5 Å². The zero-order valence-electron chi connectivity index (χ0n) is 21.0. The minimum absolute atomic E-state index is 0.0131. The molecule has 196 valence electrons. The Morgan fingerprint density at radius 3 is 2.76 bits per heavy atom. The highest BCUT2D eigenvalue weighted by molar-refractivity contribution is 5.94. The van der Waals surface area contributed by atoms with Gasteiger partial charge in [0.1, 0.15) is 11.4 Å². The molecule has 0 amide bonds. The number of nitrogens with one attached hydrogen (secondary N) is 3. The maximum atomic E-state index is 13.4. The van der Waals surface area contributed by atoms with Crippen molar-refractivity contribution in [1.29, 1.82) is 0 Å². The van der Waals surface area contributed by atoms with Gasteiger partial charge < -0.3 is 20.1 Å². The Balaban J connectivity index is 1.53. The van der Waals surface area contributed by atoms with E-state index in [-0.39, 0.29) is 17.3 Å².